The highest BCUT2D eigenvalue weighted by atomic mass is 16.2. The van der Waals surface area contributed by atoms with Crippen molar-refractivity contribution in [1.29, 1.82) is 0 Å². The zero-order valence-corrected chi connectivity index (χ0v) is 12.2. The molecule has 6 heteroatoms. The maximum absolute atomic E-state index is 12.4. The van der Waals surface area contributed by atoms with E-state index >= 15 is 0 Å². The molecule has 0 spiro atoms. The van der Waals surface area contributed by atoms with E-state index in [1.54, 1.807) is 37.4 Å². The Labute approximate surface area is 126 Å². The topological polar surface area (TPSA) is 76.9 Å². The van der Waals surface area contributed by atoms with Gasteiger partial charge in [0, 0.05) is 18.1 Å². The normalized spacial score (nSPS) is 10.6. The van der Waals surface area contributed by atoms with Crippen LogP contribution in [-0.2, 0) is 7.05 Å². The van der Waals surface area contributed by atoms with Gasteiger partial charge >= 0.3 is 0 Å². The fourth-order valence-electron chi connectivity index (χ4n) is 2.26. The lowest BCUT2D eigenvalue weighted by Crippen LogP contribution is -2.26. The van der Waals surface area contributed by atoms with E-state index in [1.165, 1.54) is 4.68 Å². The average Bonchev–Trinajstić information content (AvgIpc) is 2.51. The Morgan fingerprint density at radius 2 is 1.91 bits per heavy atom. The van der Waals surface area contributed by atoms with Crippen molar-refractivity contribution in [1.82, 2.24) is 14.8 Å². The van der Waals surface area contributed by atoms with Gasteiger partial charge in [0.2, 0.25) is 5.43 Å². The molecule has 0 atom stereocenters. The summed E-state index contributed by atoms with van der Waals surface area (Å²) in [4.78, 5) is 28.9. The van der Waals surface area contributed by atoms with Gasteiger partial charge in [0.15, 0.2) is 5.69 Å². The zero-order chi connectivity index (χ0) is 15.7. The van der Waals surface area contributed by atoms with Crippen LogP contribution in [0.5, 0.6) is 0 Å². The van der Waals surface area contributed by atoms with Crippen LogP contribution in [0.1, 0.15) is 16.2 Å². The molecule has 3 rings (SSSR count). The molecule has 6 nitrogen and oxygen atoms in total. The molecule has 0 saturated heterocycles. The molecule has 0 bridgehead atoms. The Bertz CT molecular complexity index is 931. The number of hydrogen-bond donors (Lipinski definition) is 1. The Morgan fingerprint density at radius 3 is 2.68 bits per heavy atom. The second-order valence-corrected chi connectivity index (χ2v) is 4.94. The van der Waals surface area contributed by atoms with Gasteiger partial charge in [-0.3, -0.25) is 14.3 Å². The number of carbonyl (C=O) groups excluding carboxylic acids is 1. The molecular weight excluding hydrogens is 280 g/mol. The number of hydrogen-bond acceptors (Lipinski definition) is 4. The van der Waals surface area contributed by atoms with E-state index in [4.69, 9.17) is 0 Å². The number of para-hydroxylation sites is 1. The Balaban J connectivity index is 2.05. The van der Waals surface area contributed by atoms with Crippen molar-refractivity contribution in [2.45, 2.75) is 6.92 Å². The van der Waals surface area contributed by atoms with Crippen LogP contribution < -0.4 is 10.7 Å². The predicted molar refractivity (Wildman–Crippen MR) is 83.9 cm³/mol. The molecule has 1 N–H and O–H groups in total. The van der Waals surface area contributed by atoms with Crippen LogP contribution >= 0.6 is 0 Å². The molecule has 0 aliphatic carbocycles. The third-order valence-electron chi connectivity index (χ3n) is 3.31. The van der Waals surface area contributed by atoms with Crippen molar-refractivity contribution in [3.63, 3.8) is 0 Å². The minimum Gasteiger partial charge on any atom is -0.305 e. The highest BCUT2D eigenvalue weighted by Crippen LogP contribution is 2.09. The first-order valence-corrected chi connectivity index (χ1v) is 6.77. The van der Waals surface area contributed by atoms with Crippen LogP contribution in [0.4, 0.5) is 5.82 Å². The molecule has 3 aromatic rings. The van der Waals surface area contributed by atoms with Crippen LogP contribution in [-0.4, -0.2) is 20.7 Å². The number of aromatic nitrogens is 3. The molecule has 0 aliphatic heterocycles. The van der Waals surface area contributed by atoms with Crippen LogP contribution in [0.25, 0.3) is 10.9 Å². The lowest BCUT2D eigenvalue weighted by atomic mass is 10.2. The Hall–Kier alpha value is -3.02. The fourth-order valence-corrected chi connectivity index (χ4v) is 2.26. The number of nitrogens with one attached hydrogen (secondary N) is 1. The summed E-state index contributed by atoms with van der Waals surface area (Å²) >= 11 is 0. The monoisotopic (exact) mass is 294 g/mol. The third kappa shape index (κ3) is 2.46. The van der Waals surface area contributed by atoms with E-state index in [9.17, 15) is 9.59 Å². The molecule has 0 fully saturated rings. The van der Waals surface area contributed by atoms with E-state index in [1.807, 2.05) is 19.1 Å². The Morgan fingerprint density at radius 1 is 1.14 bits per heavy atom. The largest absolute Gasteiger partial charge is 0.305 e. The van der Waals surface area contributed by atoms with Gasteiger partial charge in [-0.1, -0.05) is 18.2 Å². The number of anilines is 1. The van der Waals surface area contributed by atoms with Crippen molar-refractivity contribution in [2.24, 2.45) is 7.05 Å². The number of benzene rings is 1. The van der Waals surface area contributed by atoms with Crippen molar-refractivity contribution >= 4 is 22.6 Å². The second kappa shape index (κ2) is 5.40. The van der Waals surface area contributed by atoms with Crippen molar-refractivity contribution in [2.75, 3.05) is 5.32 Å². The summed E-state index contributed by atoms with van der Waals surface area (Å²) in [6, 6.07) is 12.3. The standard InChI is InChI=1S/C16H14N4O2/c1-10-6-5-9-13(17-10)18-16(22)14-15(21)11-7-3-4-8-12(11)20(2)19-14/h3-9H,1-2H3,(H,17,18,22). The van der Waals surface area contributed by atoms with Gasteiger partial charge in [0.05, 0.1) is 5.52 Å². The number of rotatable bonds is 2. The summed E-state index contributed by atoms with van der Waals surface area (Å²) in [7, 11) is 1.70. The van der Waals surface area contributed by atoms with Gasteiger partial charge in [-0.25, -0.2) is 4.98 Å². The third-order valence-corrected chi connectivity index (χ3v) is 3.31. The maximum Gasteiger partial charge on any atom is 0.281 e. The lowest BCUT2D eigenvalue weighted by Gasteiger charge is -2.08. The minimum absolute atomic E-state index is 0.149. The van der Waals surface area contributed by atoms with E-state index in [-0.39, 0.29) is 11.1 Å². The molecule has 0 radical (unpaired) electrons. The summed E-state index contributed by atoms with van der Waals surface area (Å²) in [5.74, 6) is -0.175. The molecule has 0 unspecified atom stereocenters. The summed E-state index contributed by atoms with van der Waals surface area (Å²) in [6.45, 7) is 1.82. The molecule has 0 saturated carbocycles. The molecule has 2 aromatic heterocycles. The summed E-state index contributed by atoms with van der Waals surface area (Å²) in [5.41, 5.74) is 0.915. The van der Waals surface area contributed by atoms with Crippen molar-refractivity contribution in [3.8, 4) is 0 Å². The number of aryl methyl sites for hydroxylation is 2. The quantitative estimate of drug-likeness (QED) is 0.783. The number of nitrogens with zero attached hydrogens (tertiary/aromatic N) is 3. The Kier molecular flexibility index (Phi) is 3.42. The second-order valence-electron chi connectivity index (χ2n) is 4.94. The van der Waals surface area contributed by atoms with Gasteiger partial charge in [0.1, 0.15) is 5.82 Å². The first kappa shape index (κ1) is 13.9. The number of pyridine rings is 1. The summed E-state index contributed by atoms with van der Waals surface area (Å²) < 4.78 is 1.52. The summed E-state index contributed by atoms with van der Waals surface area (Å²) in [6.07, 6.45) is 0. The van der Waals surface area contributed by atoms with Gasteiger partial charge in [-0.2, -0.15) is 5.10 Å². The fraction of sp³-hybridized carbons (Fsp3) is 0.125. The molecule has 110 valence electrons. The zero-order valence-electron chi connectivity index (χ0n) is 12.2. The maximum atomic E-state index is 12.4. The highest BCUT2D eigenvalue weighted by molar-refractivity contribution is 6.03. The minimum atomic E-state index is -0.565. The van der Waals surface area contributed by atoms with Crippen molar-refractivity contribution in [3.05, 3.63) is 64.1 Å². The van der Waals surface area contributed by atoms with E-state index < -0.39 is 5.91 Å². The number of fused-ring (bicyclic) bond motifs is 1. The van der Waals surface area contributed by atoms with E-state index in [2.05, 4.69) is 15.4 Å². The van der Waals surface area contributed by atoms with Gasteiger partial charge in [0.25, 0.3) is 5.91 Å². The van der Waals surface area contributed by atoms with Gasteiger partial charge in [-0.05, 0) is 31.2 Å². The molecule has 0 aliphatic rings. The first-order chi connectivity index (χ1) is 10.6. The molecular formula is C16H14N4O2. The van der Waals surface area contributed by atoms with Gasteiger partial charge in [-0.15, -0.1) is 0 Å². The average molecular weight is 294 g/mol. The first-order valence-electron chi connectivity index (χ1n) is 6.77. The molecule has 1 aromatic carbocycles. The number of carbonyl (C=O) groups is 1. The molecule has 22 heavy (non-hydrogen) atoms. The molecule has 1 amide bonds. The van der Waals surface area contributed by atoms with Gasteiger partial charge < -0.3 is 5.32 Å². The van der Waals surface area contributed by atoms with Crippen LogP contribution in [0, 0.1) is 6.92 Å². The smallest absolute Gasteiger partial charge is 0.281 e. The predicted octanol–water partition coefficient (Wildman–Crippen LogP) is 1.89. The number of amides is 1. The van der Waals surface area contributed by atoms with Crippen LogP contribution in [0.15, 0.2) is 47.3 Å². The SMILES string of the molecule is Cc1cccc(NC(=O)c2nn(C)c3ccccc3c2=O)n1. The van der Waals surface area contributed by atoms with E-state index in [0.29, 0.717) is 16.7 Å². The van der Waals surface area contributed by atoms with Crippen LogP contribution in [0.3, 0.4) is 0 Å². The van der Waals surface area contributed by atoms with E-state index in [0.717, 1.165) is 5.69 Å². The highest BCUT2D eigenvalue weighted by Gasteiger charge is 2.16. The van der Waals surface area contributed by atoms with Crippen molar-refractivity contribution < 1.29 is 4.79 Å². The summed E-state index contributed by atoms with van der Waals surface area (Å²) in [5, 5.41) is 7.15. The van der Waals surface area contributed by atoms with Crippen LogP contribution in [0.2, 0.25) is 0 Å². The molecule has 2 heterocycles. The lowest BCUT2D eigenvalue weighted by molar-refractivity contribution is 0.101.